The third-order valence-electron chi connectivity index (χ3n) is 2.55. The molecule has 6 nitrogen and oxygen atoms in total. The van der Waals surface area contributed by atoms with Crippen molar-refractivity contribution in [3.63, 3.8) is 0 Å². The van der Waals surface area contributed by atoms with E-state index in [0.717, 1.165) is 12.5 Å². The van der Waals surface area contributed by atoms with Crippen molar-refractivity contribution in [2.45, 2.75) is 20.0 Å². The number of aryl methyl sites for hydroxylation is 1. The monoisotopic (exact) mass is 246 g/mol. The van der Waals surface area contributed by atoms with Gasteiger partial charge in [-0.3, -0.25) is 4.98 Å². The molecule has 18 heavy (non-hydrogen) atoms. The maximum atomic E-state index is 10.8. The van der Waals surface area contributed by atoms with Crippen molar-refractivity contribution in [3.05, 3.63) is 42.0 Å². The summed E-state index contributed by atoms with van der Waals surface area (Å²) in [5, 5.41) is 12.0. The Labute approximate surface area is 104 Å². The maximum absolute atomic E-state index is 10.8. The fourth-order valence-electron chi connectivity index (χ4n) is 1.61. The molecule has 0 aliphatic rings. The van der Waals surface area contributed by atoms with E-state index in [1.807, 2.05) is 17.7 Å². The van der Waals surface area contributed by atoms with Crippen LogP contribution < -0.4 is 5.32 Å². The average Bonchev–Trinajstić information content (AvgIpc) is 2.84. The Morgan fingerprint density at radius 1 is 1.44 bits per heavy atom. The molecule has 0 aromatic carbocycles. The van der Waals surface area contributed by atoms with Crippen molar-refractivity contribution < 1.29 is 9.90 Å². The van der Waals surface area contributed by atoms with Crippen LogP contribution in [0.4, 0.5) is 5.95 Å². The number of carbonyl (C=O) groups is 1. The normalized spacial score (nSPS) is 10.3. The zero-order valence-electron chi connectivity index (χ0n) is 10.00. The smallest absolute Gasteiger partial charge is 0.335 e. The lowest BCUT2D eigenvalue weighted by atomic mass is 10.2. The van der Waals surface area contributed by atoms with Crippen LogP contribution in [0.2, 0.25) is 0 Å². The largest absolute Gasteiger partial charge is 0.478 e. The molecule has 0 saturated carbocycles. The number of carboxylic acids is 1. The molecule has 0 atom stereocenters. The highest BCUT2D eigenvalue weighted by molar-refractivity contribution is 5.87. The predicted octanol–water partition coefficient (Wildman–Crippen LogP) is 1.61. The van der Waals surface area contributed by atoms with Gasteiger partial charge in [-0.25, -0.2) is 9.78 Å². The summed E-state index contributed by atoms with van der Waals surface area (Å²) in [5.41, 5.74) is 0.904. The minimum absolute atomic E-state index is 0.237. The molecule has 0 fully saturated rings. The highest BCUT2D eigenvalue weighted by Gasteiger charge is 2.05. The van der Waals surface area contributed by atoms with Gasteiger partial charge in [-0.2, -0.15) is 0 Å². The minimum atomic E-state index is -0.950. The lowest BCUT2D eigenvalue weighted by molar-refractivity contribution is 0.0696. The summed E-state index contributed by atoms with van der Waals surface area (Å²) in [7, 11) is 0. The van der Waals surface area contributed by atoms with Crippen LogP contribution >= 0.6 is 0 Å². The van der Waals surface area contributed by atoms with Gasteiger partial charge in [-0.15, -0.1) is 0 Å². The number of aromatic nitrogens is 3. The van der Waals surface area contributed by atoms with Crippen molar-refractivity contribution >= 4 is 11.9 Å². The first-order chi connectivity index (χ1) is 8.70. The van der Waals surface area contributed by atoms with E-state index in [1.54, 1.807) is 12.3 Å². The Morgan fingerprint density at radius 3 is 3.00 bits per heavy atom. The molecule has 0 spiro atoms. The van der Waals surface area contributed by atoms with Gasteiger partial charge in [0.2, 0.25) is 5.95 Å². The second-order valence-corrected chi connectivity index (χ2v) is 3.73. The highest BCUT2D eigenvalue weighted by Crippen LogP contribution is 2.07. The summed E-state index contributed by atoms with van der Waals surface area (Å²) in [4.78, 5) is 19.1. The molecule has 0 unspecified atom stereocenters. The van der Waals surface area contributed by atoms with E-state index in [1.165, 1.54) is 12.3 Å². The lowest BCUT2D eigenvalue weighted by Crippen LogP contribution is -2.08. The van der Waals surface area contributed by atoms with Gasteiger partial charge >= 0.3 is 5.97 Å². The quantitative estimate of drug-likeness (QED) is 0.837. The molecule has 2 aromatic rings. The van der Waals surface area contributed by atoms with Crippen molar-refractivity contribution in [3.8, 4) is 0 Å². The van der Waals surface area contributed by atoms with Crippen LogP contribution in [-0.2, 0) is 13.1 Å². The van der Waals surface area contributed by atoms with Crippen molar-refractivity contribution in [2.75, 3.05) is 5.32 Å². The topological polar surface area (TPSA) is 80.0 Å². The van der Waals surface area contributed by atoms with Gasteiger partial charge in [0.1, 0.15) is 0 Å². The first-order valence-electron chi connectivity index (χ1n) is 5.64. The number of hydrogen-bond acceptors (Lipinski definition) is 4. The van der Waals surface area contributed by atoms with E-state index in [0.29, 0.717) is 12.2 Å². The van der Waals surface area contributed by atoms with Gasteiger partial charge in [0.25, 0.3) is 0 Å². The number of pyridine rings is 1. The molecule has 0 radical (unpaired) electrons. The molecule has 2 rings (SSSR count). The van der Waals surface area contributed by atoms with E-state index >= 15 is 0 Å². The van der Waals surface area contributed by atoms with Crippen molar-refractivity contribution in [2.24, 2.45) is 0 Å². The fourth-order valence-corrected chi connectivity index (χ4v) is 1.61. The van der Waals surface area contributed by atoms with Crippen LogP contribution in [0.1, 0.15) is 23.0 Å². The zero-order chi connectivity index (χ0) is 13.0. The second-order valence-electron chi connectivity index (χ2n) is 3.73. The van der Waals surface area contributed by atoms with Gasteiger partial charge in [-0.1, -0.05) is 0 Å². The third-order valence-corrected chi connectivity index (χ3v) is 2.55. The standard InChI is InChI=1S/C12H14N4O2/c1-2-16-6-5-14-12(16)15-8-10-7-9(11(17)18)3-4-13-10/h3-7H,2,8H2,1H3,(H,14,15)(H,17,18). The number of hydrogen-bond donors (Lipinski definition) is 2. The Morgan fingerprint density at radius 2 is 2.28 bits per heavy atom. The minimum Gasteiger partial charge on any atom is -0.478 e. The molecule has 0 amide bonds. The van der Waals surface area contributed by atoms with Crippen LogP contribution in [-0.4, -0.2) is 25.6 Å². The van der Waals surface area contributed by atoms with Crippen LogP contribution in [0.3, 0.4) is 0 Å². The average molecular weight is 246 g/mol. The molecule has 2 heterocycles. The Hall–Kier alpha value is -2.37. The SMILES string of the molecule is CCn1ccnc1NCc1cc(C(=O)O)ccn1. The van der Waals surface area contributed by atoms with Gasteiger partial charge in [0.15, 0.2) is 0 Å². The molecule has 0 aliphatic heterocycles. The molecular formula is C12H14N4O2. The number of nitrogens with one attached hydrogen (secondary N) is 1. The number of anilines is 1. The summed E-state index contributed by atoms with van der Waals surface area (Å²) in [5.74, 6) is -0.200. The molecule has 0 aliphatic carbocycles. The van der Waals surface area contributed by atoms with Crippen molar-refractivity contribution in [1.82, 2.24) is 14.5 Å². The number of rotatable bonds is 5. The Bertz CT molecular complexity index is 551. The third kappa shape index (κ3) is 2.65. The molecule has 2 N–H and O–H groups in total. The van der Waals surface area contributed by atoms with E-state index in [2.05, 4.69) is 15.3 Å². The van der Waals surface area contributed by atoms with Crippen LogP contribution in [0, 0.1) is 0 Å². The number of imidazole rings is 1. The summed E-state index contributed by atoms with van der Waals surface area (Å²) in [6.45, 7) is 3.29. The molecule has 6 heteroatoms. The summed E-state index contributed by atoms with van der Waals surface area (Å²) >= 11 is 0. The molecule has 2 aromatic heterocycles. The summed E-state index contributed by atoms with van der Waals surface area (Å²) in [6, 6.07) is 3.02. The number of nitrogens with zero attached hydrogens (tertiary/aromatic N) is 3. The first kappa shape index (κ1) is 12.1. The van der Waals surface area contributed by atoms with E-state index < -0.39 is 5.97 Å². The van der Waals surface area contributed by atoms with Crippen LogP contribution in [0.25, 0.3) is 0 Å². The van der Waals surface area contributed by atoms with E-state index in [-0.39, 0.29) is 5.56 Å². The number of aromatic carboxylic acids is 1. The molecule has 0 bridgehead atoms. The van der Waals surface area contributed by atoms with Gasteiger partial charge < -0.3 is 15.0 Å². The van der Waals surface area contributed by atoms with Gasteiger partial charge in [-0.05, 0) is 19.1 Å². The van der Waals surface area contributed by atoms with Crippen LogP contribution in [0.5, 0.6) is 0 Å². The van der Waals surface area contributed by atoms with Gasteiger partial charge in [0, 0.05) is 25.1 Å². The highest BCUT2D eigenvalue weighted by atomic mass is 16.4. The van der Waals surface area contributed by atoms with E-state index in [4.69, 9.17) is 5.11 Å². The number of carboxylic acid groups (broad SMARTS) is 1. The molecule has 0 saturated heterocycles. The zero-order valence-corrected chi connectivity index (χ0v) is 10.00. The molecule has 94 valence electrons. The maximum Gasteiger partial charge on any atom is 0.335 e. The predicted molar refractivity (Wildman–Crippen MR) is 66.4 cm³/mol. The Balaban J connectivity index is 2.06. The van der Waals surface area contributed by atoms with Gasteiger partial charge in [0.05, 0.1) is 17.8 Å². The van der Waals surface area contributed by atoms with Crippen molar-refractivity contribution in [1.29, 1.82) is 0 Å². The van der Waals surface area contributed by atoms with Crippen LogP contribution in [0.15, 0.2) is 30.7 Å². The summed E-state index contributed by atoms with van der Waals surface area (Å²) < 4.78 is 1.96. The molecular weight excluding hydrogens is 232 g/mol. The lowest BCUT2D eigenvalue weighted by Gasteiger charge is -2.07. The first-order valence-corrected chi connectivity index (χ1v) is 5.64. The fraction of sp³-hybridized carbons (Fsp3) is 0.250. The second kappa shape index (κ2) is 5.31. The van der Waals surface area contributed by atoms with E-state index in [9.17, 15) is 4.79 Å². The summed E-state index contributed by atoms with van der Waals surface area (Å²) in [6.07, 6.45) is 5.09. The Kier molecular flexibility index (Phi) is 3.57.